The summed E-state index contributed by atoms with van der Waals surface area (Å²) in [7, 11) is 0. The van der Waals surface area contributed by atoms with Crippen LogP contribution in [0.3, 0.4) is 0 Å². The Bertz CT molecular complexity index is 287. The van der Waals surface area contributed by atoms with E-state index < -0.39 is 37.0 Å². The molecule has 0 fully saturated rings. The summed E-state index contributed by atoms with van der Waals surface area (Å²) in [6, 6.07) is -1.10. The van der Waals surface area contributed by atoms with E-state index in [1.54, 1.807) is 13.8 Å². The molecule has 0 aromatic heterocycles. The molecule has 0 aliphatic heterocycles. The molecule has 0 amide bonds. The van der Waals surface area contributed by atoms with Gasteiger partial charge >= 0.3 is 17.9 Å². The van der Waals surface area contributed by atoms with Crippen LogP contribution in [0.1, 0.15) is 20.3 Å². The number of hydrogen-bond acceptors (Lipinski definition) is 4. The Morgan fingerprint density at radius 1 is 1.06 bits per heavy atom. The Morgan fingerprint density at radius 2 is 1.47 bits per heavy atom. The lowest BCUT2D eigenvalue weighted by Crippen LogP contribution is -2.49. The van der Waals surface area contributed by atoms with Gasteiger partial charge in [-0.1, -0.05) is 20.3 Å². The maximum absolute atomic E-state index is 11.1. The molecule has 1 unspecified atom stereocenters. The molecule has 0 bridgehead atoms. The molecule has 0 aliphatic rings. The van der Waals surface area contributed by atoms with Gasteiger partial charge in [0.2, 0.25) is 0 Å². The van der Waals surface area contributed by atoms with Crippen LogP contribution in [0.5, 0.6) is 0 Å². The van der Waals surface area contributed by atoms with Crippen LogP contribution in [0.15, 0.2) is 0 Å². The molecular formula is C10H17NO6. The number of nitrogens with zero attached hydrogens (tertiary/aromatic N) is 1. The van der Waals surface area contributed by atoms with Crippen molar-refractivity contribution in [2.45, 2.75) is 26.3 Å². The molecule has 2 atom stereocenters. The van der Waals surface area contributed by atoms with Crippen molar-refractivity contribution in [3.8, 4) is 0 Å². The molecule has 0 aromatic carbocycles. The minimum absolute atomic E-state index is 0.328. The Balaban J connectivity index is 4.98. The molecule has 17 heavy (non-hydrogen) atoms. The third-order valence-corrected chi connectivity index (χ3v) is 2.51. The Labute approximate surface area is 98.7 Å². The van der Waals surface area contributed by atoms with Crippen LogP contribution in [-0.4, -0.2) is 57.3 Å². The first-order valence-electron chi connectivity index (χ1n) is 5.20. The first kappa shape index (κ1) is 15.4. The van der Waals surface area contributed by atoms with Gasteiger partial charge in [0, 0.05) is 0 Å². The van der Waals surface area contributed by atoms with Gasteiger partial charge in [0.05, 0.1) is 13.1 Å². The molecule has 0 aliphatic carbocycles. The largest absolute Gasteiger partial charge is 0.480 e. The summed E-state index contributed by atoms with van der Waals surface area (Å²) < 4.78 is 0. The van der Waals surface area contributed by atoms with Crippen molar-refractivity contribution < 1.29 is 29.7 Å². The second-order valence-corrected chi connectivity index (χ2v) is 3.86. The van der Waals surface area contributed by atoms with Gasteiger partial charge in [-0.2, -0.15) is 0 Å². The highest BCUT2D eigenvalue weighted by Crippen LogP contribution is 2.15. The first-order valence-corrected chi connectivity index (χ1v) is 5.20. The van der Waals surface area contributed by atoms with E-state index in [9.17, 15) is 14.4 Å². The molecule has 0 spiro atoms. The number of aliphatic carboxylic acids is 3. The number of rotatable bonds is 8. The standard InChI is InChI=1S/C10H17NO6/c1-3-6(2)9(10(16)17)11(4-7(12)13)5-8(14)15/h6,9H,3-5H2,1-2H3,(H,12,13)(H,14,15)(H,16,17)/t6?,9-/m0/s1. The second kappa shape index (κ2) is 6.85. The summed E-state index contributed by atoms with van der Waals surface area (Å²) in [4.78, 5) is 33.2. The van der Waals surface area contributed by atoms with Crippen molar-refractivity contribution in [3.05, 3.63) is 0 Å². The van der Waals surface area contributed by atoms with Gasteiger partial charge < -0.3 is 15.3 Å². The number of carbonyl (C=O) groups is 3. The van der Waals surface area contributed by atoms with Gasteiger partial charge in [0.1, 0.15) is 6.04 Å². The van der Waals surface area contributed by atoms with E-state index in [4.69, 9.17) is 15.3 Å². The molecule has 0 heterocycles. The predicted molar refractivity (Wildman–Crippen MR) is 57.7 cm³/mol. The lowest BCUT2D eigenvalue weighted by Gasteiger charge is -2.29. The lowest BCUT2D eigenvalue weighted by molar-refractivity contribution is -0.151. The summed E-state index contributed by atoms with van der Waals surface area (Å²) in [6.45, 7) is 2.21. The van der Waals surface area contributed by atoms with E-state index in [-0.39, 0.29) is 5.92 Å². The average Bonchev–Trinajstić information content (AvgIpc) is 2.14. The van der Waals surface area contributed by atoms with Crippen LogP contribution in [-0.2, 0) is 14.4 Å². The van der Waals surface area contributed by atoms with Crippen LogP contribution < -0.4 is 0 Å². The number of carboxylic acids is 3. The van der Waals surface area contributed by atoms with E-state index in [2.05, 4.69) is 0 Å². The van der Waals surface area contributed by atoms with Crippen molar-refractivity contribution in [2.24, 2.45) is 5.92 Å². The molecule has 7 nitrogen and oxygen atoms in total. The molecule has 0 rings (SSSR count). The molecule has 7 heteroatoms. The molecule has 98 valence electrons. The van der Waals surface area contributed by atoms with E-state index in [0.29, 0.717) is 6.42 Å². The van der Waals surface area contributed by atoms with Crippen molar-refractivity contribution in [1.29, 1.82) is 0 Å². The van der Waals surface area contributed by atoms with E-state index in [0.717, 1.165) is 4.90 Å². The monoisotopic (exact) mass is 247 g/mol. The zero-order valence-corrected chi connectivity index (χ0v) is 9.79. The third-order valence-electron chi connectivity index (χ3n) is 2.51. The minimum atomic E-state index is -1.25. The zero-order valence-electron chi connectivity index (χ0n) is 9.79. The van der Waals surface area contributed by atoms with Gasteiger partial charge in [-0.3, -0.25) is 19.3 Å². The van der Waals surface area contributed by atoms with Crippen LogP contribution in [0.2, 0.25) is 0 Å². The number of hydrogen-bond donors (Lipinski definition) is 3. The zero-order chi connectivity index (χ0) is 13.6. The van der Waals surface area contributed by atoms with Crippen molar-refractivity contribution >= 4 is 17.9 Å². The van der Waals surface area contributed by atoms with Crippen molar-refractivity contribution in [3.63, 3.8) is 0 Å². The van der Waals surface area contributed by atoms with Crippen LogP contribution in [0.4, 0.5) is 0 Å². The molecule has 0 saturated carbocycles. The van der Waals surface area contributed by atoms with Gasteiger partial charge in [-0.15, -0.1) is 0 Å². The minimum Gasteiger partial charge on any atom is -0.480 e. The van der Waals surface area contributed by atoms with E-state index in [1.165, 1.54) is 0 Å². The summed E-state index contributed by atoms with van der Waals surface area (Å²) in [5.41, 5.74) is 0. The van der Waals surface area contributed by atoms with Crippen molar-refractivity contribution in [1.82, 2.24) is 4.90 Å². The fourth-order valence-corrected chi connectivity index (χ4v) is 1.58. The summed E-state index contributed by atoms with van der Waals surface area (Å²) in [5, 5.41) is 26.4. The van der Waals surface area contributed by atoms with Crippen LogP contribution in [0, 0.1) is 5.92 Å². The predicted octanol–water partition coefficient (Wildman–Crippen LogP) is -0.0431. The second-order valence-electron chi connectivity index (χ2n) is 3.86. The summed E-state index contributed by atoms with van der Waals surface area (Å²) in [6.07, 6.45) is 0.521. The van der Waals surface area contributed by atoms with Gasteiger partial charge in [0.15, 0.2) is 0 Å². The SMILES string of the molecule is CCC(C)[C@@H](C(=O)O)N(CC(=O)O)CC(=O)O. The van der Waals surface area contributed by atoms with E-state index in [1.807, 2.05) is 0 Å². The maximum atomic E-state index is 11.1. The van der Waals surface area contributed by atoms with Crippen LogP contribution >= 0.6 is 0 Å². The number of carboxylic acid groups (broad SMARTS) is 3. The van der Waals surface area contributed by atoms with Crippen molar-refractivity contribution in [2.75, 3.05) is 13.1 Å². The normalized spacial score (nSPS) is 14.3. The Hall–Kier alpha value is -1.63. The van der Waals surface area contributed by atoms with E-state index >= 15 is 0 Å². The smallest absolute Gasteiger partial charge is 0.321 e. The molecule has 3 N–H and O–H groups in total. The van der Waals surface area contributed by atoms with Gasteiger partial charge in [-0.25, -0.2) is 0 Å². The van der Waals surface area contributed by atoms with Crippen LogP contribution in [0.25, 0.3) is 0 Å². The fraction of sp³-hybridized carbons (Fsp3) is 0.700. The fourth-order valence-electron chi connectivity index (χ4n) is 1.58. The Morgan fingerprint density at radius 3 is 1.71 bits per heavy atom. The molecule has 0 saturated heterocycles. The quantitative estimate of drug-likeness (QED) is 0.551. The third kappa shape index (κ3) is 5.30. The highest BCUT2D eigenvalue weighted by molar-refractivity contribution is 5.78. The van der Waals surface area contributed by atoms with Gasteiger partial charge in [-0.05, 0) is 5.92 Å². The Kier molecular flexibility index (Phi) is 6.19. The summed E-state index contributed by atoms with van der Waals surface area (Å²) >= 11 is 0. The highest BCUT2D eigenvalue weighted by Gasteiger charge is 2.32. The maximum Gasteiger partial charge on any atom is 0.321 e. The molecule has 0 aromatic rings. The highest BCUT2D eigenvalue weighted by atomic mass is 16.4. The lowest BCUT2D eigenvalue weighted by atomic mass is 9.97. The average molecular weight is 247 g/mol. The molecule has 0 radical (unpaired) electrons. The van der Waals surface area contributed by atoms with Gasteiger partial charge in [0.25, 0.3) is 0 Å². The first-order chi connectivity index (χ1) is 7.79. The molecular weight excluding hydrogens is 230 g/mol. The topological polar surface area (TPSA) is 115 Å². The summed E-state index contributed by atoms with van der Waals surface area (Å²) in [5.74, 6) is -4.03.